The lowest BCUT2D eigenvalue weighted by molar-refractivity contribution is 0.131. The fourth-order valence-corrected chi connectivity index (χ4v) is 4.69. The van der Waals surface area contributed by atoms with Crippen LogP contribution in [0.1, 0.15) is 19.3 Å². The van der Waals surface area contributed by atoms with Crippen molar-refractivity contribution in [3.63, 3.8) is 0 Å². The number of aliphatic hydroxyl groups is 1. The van der Waals surface area contributed by atoms with E-state index in [1.165, 1.54) is 6.07 Å². The van der Waals surface area contributed by atoms with Gasteiger partial charge in [-0.25, -0.2) is 4.39 Å². The van der Waals surface area contributed by atoms with Gasteiger partial charge in [0.15, 0.2) is 23.1 Å². The summed E-state index contributed by atoms with van der Waals surface area (Å²) in [5.74, 6) is 1.31. The van der Waals surface area contributed by atoms with Gasteiger partial charge >= 0.3 is 0 Å². The third kappa shape index (κ3) is 4.48. The quantitative estimate of drug-likeness (QED) is 0.451. The molecule has 1 saturated carbocycles. The summed E-state index contributed by atoms with van der Waals surface area (Å²) in [6.07, 6.45) is 4.57. The molecule has 0 bridgehead atoms. The average molecular weight is 468 g/mol. The van der Waals surface area contributed by atoms with Gasteiger partial charge in [0.25, 0.3) is 0 Å². The van der Waals surface area contributed by atoms with Crippen LogP contribution in [0, 0.1) is 11.2 Å². The van der Waals surface area contributed by atoms with Gasteiger partial charge in [-0.1, -0.05) is 0 Å². The van der Waals surface area contributed by atoms with Crippen LogP contribution in [0.5, 0.6) is 23.0 Å². The fraction of sp³-hybridized carbons (Fsp3) is 0.423. The Balaban J connectivity index is 1.27. The maximum Gasteiger partial charge on any atom is 0.167 e. The molecule has 1 aliphatic carbocycles. The van der Waals surface area contributed by atoms with E-state index in [1.807, 2.05) is 6.07 Å². The second kappa shape index (κ2) is 9.27. The summed E-state index contributed by atoms with van der Waals surface area (Å²) in [7, 11) is 3.32. The van der Waals surface area contributed by atoms with Gasteiger partial charge in [0, 0.05) is 61.5 Å². The van der Waals surface area contributed by atoms with Gasteiger partial charge in [-0.15, -0.1) is 0 Å². The maximum absolute atomic E-state index is 14.4. The summed E-state index contributed by atoms with van der Waals surface area (Å²) >= 11 is 0. The lowest BCUT2D eigenvalue weighted by Crippen LogP contribution is -2.24. The summed E-state index contributed by atoms with van der Waals surface area (Å²) in [6.45, 7) is 3.16. The fourth-order valence-electron chi connectivity index (χ4n) is 4.69. The number of benzene rings is 2. The SMILES string of the molecule is CNc1ccc(Oc2ccnc3cc(OCCCN4CC(O)C5(CC5)C4)c(OC)cc23)c(F)c1. The third-order valence-electron chi connectivity index (χ3n) is 6.87. The molecule has 1 aromatic heterocycles. The van der Waals surface area contributed by atoms with Gasteiger partial charge in [-0.3, -0.25) is 9.88 Å². The molecule has 1 aliphatic heterocycles. The minimum atomic E-state index is -0.457. The first-order valence-electron chi connectivity index (χ1n) is 11.7. The molecule has 2 N–H and O–H groups in total. The van der Waals surface area contributed by atoms with E-state index in [1.54, 1.807) is 44.6 Å². The number of pyridine rings is 1. The zero-order valence-electron chi connectivity index (χ0n) is 19.5. The van der Waals surface area contributed by atoms with Crippen LogP contribution in [-0.2, 0) is 0 Å². The zero-order chi connectivity index (χ0) is 23.7. The number of likely N-dealkylation sites (tertiary alicyclic amines) is 1. The van der Waals surface area contributed by atoms with Crippen LogP contribution < -0.4 is 19.5 Å². The van der Waals surface area contributed by atoms with Crippen molar-refractivity contribution in [3.05, 3.63) is 48.4 Å². The van der Waals surface area contributed by atoms with E-state index in [0.29, 0.717) is 40.4 Å². The first kappa shape index (κ1) is 22.7. The Kier molecular flexibility index (Phi) is 6.18. The van der Waals surface area contributed by atoms with Crippen LogP contribution >= 0.6 is 0 Å². The standard InChI is InChI=1S/C26H30FN3O4/c1-28-17-4-5-22(19(27)12-17)34-21-6-9-29-20-14-24(23(32-2)13-18(20)21)33-11-3-10-30-15-25(31)26(16-30)7-8-26/h4-6,9,12-14,25,28,31H,3,7-8,10-11,15-16H2,1-2H3. The minimum Gasteiger partial charge on any atom is -0.493 e. The maximum atomic E-state index is 14.4. The van der Waals surface area contributed by atoms with Gasteiger partial charge in [0.05, 0.1) is 25.3 Å². The predicted molar refractivity (Wildman–Crippen MR) is 129 cm³/mol. The Hall–Kier alpha value is -3.10. The van der Waals surface area contributed by atoms with Crippen molar-refractivity contribution in [2.24, 2.45) is 5.41 Å². The van der Waals surface area contributed by atoms with Gasteiger partial charge in [-0.2, -0.15) is 0 Å². The summed E-state index contributed by atoms with van der Waals surface area (Å²) in [4.78, 5) is 6.76. The van der Waals surface area contributed by atoms with Crippen molar-refractivity contribution in [2.45, 2.75) is 25.4 Å². The van der Waals surface area contributed by atoms with E-state index < -0.39 is 5.82 Å². The molecule has 2 fully saturated rings. The first-order chi connectivity index (χ1) is 16.5. The molecule has 34 heavy (non-hydrogen) atoms. The minimum absolute atomic E-state index is 0.130. The molecule has 1 saturated heterocycles. The number of hydrogen-bond acceptors (Lipinski definition) is 7. The molecule has 0 radical (unpaired) electrons. The van der Waals surface area contributed by atoms with E-state index >= 15 is 0 Å². The normalized spacial score (nSPS) is 18.9. The number of anilines is 1. The van der Waals surface area contributed by atoms with E-state index in [9.17, 15) is 9.50 Å². The summed E-state index contributed by atoms with van der Waals surface area (Å²) in [5.41, 5.74) is 1.51. The van der Waals surface area contributed by atoms with Crippen LogP contribution in [0.3, 0.4) is 0 Å². The van der Waals surface area contributed by atoms with E-state index in [4.69, 9.17) is 14.2 Å². The first-order valence-corrected chi connectivity index (χ1v) is 11.7. The van der Waals surface area contributed by atoms with Gasteiger partial charge < -0.3 is 24.6 Å². The van der Waals surface area contributed by atoms with Crippen LogP contribution in [0.2, 0.25) is 0 Å². The summed E-state index contributed by atoms with van der Waals surface area (Å²) in [5, 5.41) is 13.8. The number of aliphatic hydroxyl groups excluding tert-OH is 1. The highest BCUT2D eigenvalue weighted by Crippen LogP contribution is 2.52. The van der Waals surface area contributed by atoms with Gasteiger partial charge in [0.2, 0.25) is 0 Å². The second-order valence-corrected chi connectivity index (χ2v) is 9.14. The molecular weight excluding hydrogens is 437 g/mol. The predicted octanol–water partition coefficient (Wildman–Crippen LogP) is 4.44. The second-order valence-electron chi connectivity index (χ2n) is 9.14. The van der Waals surface area contributed by atoms with Gasteiger partial charge in [-0.05, 0) is 43.5 Å². The number of nitrogens with one attached hydrogen (secondary N) is 1. The molecule has 2 heterocycles. The number of ether oxygens (including phenoxy) is 3. The van der Waals surface area contributed by atoms with Crippen molar-refractivity contribution in [2.75, 3.05) is 45.7 Å². The number of methoxy groups -OCH3 is 1. The molecule has 0 amide bonds. The molecular formula is C26H30FN3O4. The van der Waals surface area contributed by atoms with Crippen molar-refractivity contribution in [3.8, 4) is 23.0 Å². The number of rotatable bonds is 9. The molecule has 8 heteroatoms. The number of hydrogen-bond donors (Lipinski definition) is 2. The van der Waals surface area contributed by atoms with Crippen LogP contribution in [0.4, 0.5) is 10.1 Å². The number of halogens is 1. The lowest BCUT2D eigenvalue weighted by Gasteiger charge is -2.17. The largest absolute Gasteiger partial charge is 0.493 e. The van der Waals surface area contributed by atoms with Crippen LogP contribution in [0.15, 0.2) is 42.6 Å². The van der Waals surface area contributed by atoms with E-state index in [-0.39, 0.29) is 17.3 Å². The molecule has 3 aromatic rings. The Morgan fingerprint density at radius 3 is 2.71 bits per heavy atom. The molecule has 5 rings (SSSR count). The van der Waals surface area contributed by atoms with Crippen LogP contribution in [-0.4, -0.2) is 61.5 Å². The number of fused-ring (bicyclic) bond motifs is 1. The summed E-state index contributed by atoms with van der Waals surface area (Å²) in [6, 6.07) is 10.1. The van der Waals surface area contributed by atoms with Crippen LogP contribution in [0.25, 0.3) is 10.9 Å². The third-order valence-corrected chi connectivity index (χ3v) is 6.87. The van der Waals surface area contributed by atoms with Crippen molar-refractivity contribution >= 4 is 16.6 Å². The zero-order valence-corrected chi connectivity index (χ0v) is 19.5. The molecule has 1 spiro atoms. The Bertz CT molecular complexity index is 1180. The highest BCUT2D eigenvalue weighted by Gasteiger charge is 2.54. The van der Waals surface area contributed by atoms with Gasteiger partial charge in [0.1, 0.15) is 5.75 Å². The van der Waals surface area contributed by atoms with Crippen molar-refractivity contribution in [1.82, 2.24) is 9.88 Å². The molecule has 2 aromatic carbocycles. The Labute approximate surface area is 198 Å². The van der Waals surface area contributed by atoms with E-state index in [2.05, 4.69) is 15.2 Å². The molecule has 2 aliphatic rings. The average Bonchev–Trinajstić information content (AvgIpc) is 3.56. The molecule has 7 nitrogen and oxygen atoms in total. The molecule has 180 valence electrons. The van der Waals surface area contributed by atoms with Crippen molar-refractivity contribution in [1.29, 1.82) is 0 Å². The molecule has 1 unspecified atom stereocenters. The highest BCUT2D eigenvalue weighted by atomic mass is 19.1. The van der Waals surface area contributed by atoms with Crippen molar-refractivity contribution < 1.29 is 23.7 Å². The number of nitrogens with zero attached hydrogens (tertiary/aromatic N) is 2. The lowest BCUT2D eigenvalue weighted by atomic mass is 10.0. The number of aromatic nitrogens is 1. The smallest absolute Gasteiger partial charge is 0.167 e. The molecule has 1 atom stereocenters. The highest BCUT2D eigenvalue weighted by molar-refractivity contribution is 5.88. The Morgan fingerprint density at radius 2 is 2.00 bits per heavy atom. The summed E-state index contributed by atoms with van der Waals surface area (Å²) < 4.78 is 31.9. The van der Waals surface area contributed by atoms with E-state index in [0.717, 1.165) is 38.9 Å². The number of β-amino-alcohol motifs (C(OH)–C–C–N with tert-alkyl or cyclic N) is 1. The Morgan fingerprint density at radius 1 is 1.15 bits per heavy atom. The topological polar surface area (TPSA) is 76.1 Å². The monoisotopic (exact) mass is 467 g/mol.